The fourth-order valence-electron chi connectivity index (χ4n) is 0.933. The van der Waals surface area contributed by atoms with Gasteiger partial charge in [-0.2, -0.15) is 5.26 Å². The molecule has 3 nitrogen and oxygen atoms in total. The molecule has 0 rings (SSSR count). The minimum atomic E-state index is -0.330. The summed E-state index contributed by atoms with van der Waals surface area (Å²) < 4.78 is 0. The molecule has 70 valence electrons. The highest BCUT2D eigenvalue weighted by Crippen LogP contribution is 1.97. The van der Waals surface area contributed by atoms with Crippen molar-refractivity contribution in [3.05, 3.63) is 0 Å². The molecular weight excluding hydrogens is 220 g/mol. The number of aliphatic hydroxyl groups is 1. The monoisotopic (exact) mass is 234 g/mol. The van der Waals surface area contributed by atoms with Gasteiger partial charge in [0, 0.05) is 24.8 Å². The number of halogens is 1. The second-order valence-corrected chi connectivity index (χ2v) is 3.26. The van der Waals surface area contributed by atoms with Crippen LogP contribution in [0.2, 0.25) is 0 Å². The van der Waals surface area contributed by atoms with E-state index >= 15 is 0 Å². The third kappa shape index (κ3) is 5.53. The molecule has 4 heteroatoms. The molecule has 1 N–H and O–H groups in total. The van der Waals surface area contributed by atoms with E-state index in [1.807, 2.05) is 6.92 Å². The molecule has 0 aliphatic rings. The zero-order chi connectivity index (χ0) is 9.40. The summed E-state index contributed by atoms with van der Waals surface area (Å²) in [6.07, 6.45) is 0.201. The molecule has 0 heterocycles. The first-order chi connectivity index (χ1) is 5.74. The van der Waals surface area contributed by atoms with Crippen molar-refractivity contribution in [3.8, 4) is 6.07 Å². The molecule has 0 bridgehead atoms. The van der Waals surface area contributed by atoms with E-state index in [9.17, 15) is 5.11 Å². The number of rotatable bonds is 6. The van der Waals surface area contributed by atoms with Crippen molar-refractivity contribution in [1.82, 2.24) is 4.90 Å². The Hall–Kier alpha value is -0.110. The molecular formula is C8H15BrN2O. The Morgan fingerprint density at radius 3 is 2.75 bits per heavy atom. The summed E-state index contributed by atoms with van der Waals surface area (Å²) in [4.78, 5) is 2.06. The summed E-state index contributed by atoms with van der Waals surface area (Å²) in [6, 6.07) is 2.09. The van der Waals surface area contributed by atoms with E-state index in [1.165, 1.54) is 0 Å². The summed E-state index contributed by atoms with van der Waals surface area (Å²) in [7, 11) is 0. The van der Waals surface area contributed by atoms with Gasteiger partial charge in [-0.1, -0.05) is 22.9 Å². The van der Waals surface area contributed by atoms with Gasteiger partial charge in [0.05, 0.1) is 12.2 Å². The highest BCUT2D eigenvalue weighted by molar-refractivity contribution is 9.09. The molecule has 0 spiro atoms. The third-order valence-electron chi connectivity index (χ3n) is 1.63. The molecule has 12 heavy (non-hydrogen) atoms. The number of nitriles is 1. The summed E-state index contributed by atoms with van der Waals surface area (Å²) in [6.45, 7) is 4.30. The second-order valence-electron chi connectivity index (χ2n) is 2.61. The van der Waals surface area contributed by atoms with E-state index < -0.39 is 0 Å². The van der Waals surface area contributed by atoms with Gasteiger partial charge in [0.2, 0.25) is 0 Å². The lowest BCUT2D eigenvalue weighted by molar-refractivity contribution is 0.135. The Morgan fingerprint density at radius 2 is 2.33 bits per heavy atom. The Labute approximate surface area is 82.1 Å². The van der Waals surface area contributed by atoms with Crippen LogP contribution in [-0.4, -0.2) is 41.1 Å². The summed E-state index contributed by atoms with van der Waals surface area (Å²) in [5.41, 5.74) is 0. The number of hydrogen-bond donors (Lipinski definition) is 1. The van der Waals surface area contributed by atoms with Crippen molar-refractivity contribution < 1.29 is 5.11 Å². The Bertz CT molecular complexity index is 146. The molecule has 0 aliphatic heterocycles. The van der Waals surface area contributed by atoms with Gasteiger partial charge in [-0.15, -0.1) is 0 Å². The first-order valence-corrected chi connectivity index (χ1v) is 5.20. The zero-order valence-electron chi connectivity index (χ0n) is 7.33. The SMILES string of the molecule is CCN(CCC#N)CC(O)CBr. The molecule has 0 amide bonds. The van der Waals surface area contributed by atoms with E-state index in [-0.39, 0.29) is 6.10 Å². The van der Waals surface area contributed by atoms with E-state index in [2.05, 4.69) is 26.9 Å². The maximum atomic E-state index is 9.29. The summed E-state index contributed by atoms with van der Waals surface area (Å²) >= 11 is 3.20. The molecule has 0 saturated heterocycles. The molecule has 0 aromatic heterocycles. The van der Waals surface area contributed by atoms with Gasteiger partial charge in [-0.05, 0) is 6.54 Å². The van der Waals surface area contributed by atoms with Gasteiger partial charge in [-0.3, -0.25) is 4.90 Å². The van der Waals surface area contributed by atoms with Gasteiger partial charge < -0.3 is 5.11 Å². The van der Waals surface area contributed by atoms with Crippen molar-refractivity contribution in [2.24, 2.45) is 0 Å². The van der Waals surface area contributed by atoms with Crippen LogP contribution in [0.3, 0.4) is 0 Å². The van der Waals surface area contributed by atoms with Crippen molar-refractivity contribution in [3.63, 3.8) is 0 Å². The summed E-state index contributed by atoms with van der Waals surface area (Å²) in [5.74, 6) is 0. The maximum Gasteiger partial charge on any atom is 0.0763 e. The zero-order valence-corrected chi connectivity index (χ0v) is 8.92. The van der Waals surface area contributed by atoms with Gasteiger partial charge >= 0.3 is 0 Å². The van der Waals surface area contributed by atoms with Crippen LogP contribution in [0.5, 0.6) is 0 Å². The quantitative estimate of drug-likeness (QED) is 0.698. The predicted octanol–water partition coefficient (Wildman–Crippen LogP) is 0.978. The molecule has 0 aromatic carbocycles. The van der Waals surface area contributed by atoms with E-state index in [0.29, 0.717) is 18.3 Å². The third-order valence-corrected chi connectivity index (χ3v) is 2.38. The smallest absolute Gasteiger partial charge is 0.0763 e. The van der Waals surface area contributed by atoms with Crippen molar-refractivity contribution in [2.75, 3.05) is 25.0 Å². The lowest BCUT2D eigenvalue weighted by Gasteiger charge is -2.21. The number of aliphatic hydroxyl groups excluding tert-OH is 1. The molecule has 0 aromatic rings. The number of likely N-dealkylation sites (N-methyl/N-ethyl adjacent to an activating group) is 1. The largest absolute Gasteiger partial charge is 0.391 e. The van der Waals surface area contributed by atoms with Crippen LogP contribution in [0, 0.1) is 11.3 Å². The average molecular weight is 235 g/mol. The Kier molecular flexibility index (Phi) is 7.47. The number of alkyl halides is 1. The minimum absolute atomic E-state index is 0.330. The van der Waals surface area contributed by atoms with Crippen LogP contribution in [0.1, 0.15) is 13.3 Å². The van der Waals surface area contributed by atoms with Crippen LogP contribution in [0.4, 0.5) is 0 Å². The predicted molar refractivity (Wildman–Crippen MR) is 52.1 cm³/mol. The fraction of sp³-hybridized carbons (Fsp3) is 0.875. The van der Waals surface area contributed by atoms with Crippen LogP contribution < -0.4 is 0 Å². The maximum absolute atomic E-state index is 9.29. The lowest BCUT2D eigenvalue weighted by atomic mass is 10.3. The van der Waals surface area contributed by atoms with Crippen molar-refractivity contribution in [2.45, 2.75) is 19.4 Å². The number of hydrogen-bond acceptors (Lipinski definition) is 3. The highest BCUT2D eigenvalue weighted by atomic mass is 79.9. The molecule has 0 aliphatic carbocycles. The van der Waals surface area contributed by atoms with Crippen LogP contribution >= 0.6 is 15.9 Å². The van der Waals surface area contributed by atoms with Crippen LogP contribution in [0.25, 0.3) is 0 Å². The summed E-state index contributed by atoms with van der Waals surface area (Å²) in [5, 5.41) is 18.2. The molecule has 0 fully saturated rings. The van der Waals surface area contributed by atoms with Crippen LogP contribution in [0.15, 0.2) is 0 Å². The average Bonchev–Trinajstić information content (AvgIpc) is 2.11. The lowest BCUT2D eigenvalue weighted by Crippen LogP contribution is -2.33. The standard InChI is InChI=1S/C8H15BrN2O/c1-2-11(5-3-4-10)7-8(12)6-9/h8,12H,2-3,5-7H2,1H3. The van der Waals surface area contributed by atoms with Crippen molar-refractivity contribution in [1.29, 1.82) is 5.26 Å². The number of nitrogens with zero attached hydrogens (tertiary/aromatic N) is 2. The van der Waals surface area contributed by atoms with Gasteiger partial charge in [-0.25, -0.2) is 0 Å². The van der Waals surface area contributed by atoms with E-state index in [1.54, 1.807) is 0 Å². The van der Waals surface area contributed by atoms with Crippen LogP contribution in [-0.2, 0) is 0 Å². The van der Waals surface area contributed by atoms with Gasteiger partial charge in [0.15, 0.2) is 0 Å². The highest BCUT2D eigenvalue weighted by Gasteiger charge is 2.07. The second kappa shape index (κ2) is 7.53. The Morgan fingerprint density at radius 1 is 1.67 bits per heavy atom. The normalized spacial score (nSPS) is 12.9. The van der Waals surface area contributed by atoms with Crippen molar-refractivity contribution >= 4 is 15.9 Å². The minimum Gasteiger partial charge on any atom is -0.391 e. The first-order valence-electron chi connectivity index (χ1n) is 4.07. The van der Waals surface area contributed by atoms with E-state index in [4.69, 9.17) is 5.26 Å². The van der Waals surface area contributed by atoms with Gasteiger partial charge in [0.25, 0.3) is 0 Å². The molecule has 0 saturated carbocycles. The fourth-order valence-corrected chi connectivity index (χ4v) is 1.14. The van der Waals surface area contributed by atoms with Gasteiger partial charge in [0.1, 0.15) is 0 Å². The molecule has 1 atom stereocenters. The Balaban J connectivity index is 3.60. The topological polar surface area (TPSA) is 47.3 Å². The first kappa shape index (κ1) is 11.9. The molecule has 0 radical (unpaired) electrons. The molecule has 1 unspecified atom stereocenters. The van der Waals surface area contributed by atoms with E-state index in [0.717, 1.165) is 13.1 Å².